The molecule has 0 amide bonds. The largest absolute Gasteiger partial charge is 0.296 e. The molecule has 1 saturated heterocycles. The van der Waals surface area contributed by atoms with Gasteiger partial charge in [-0.1, -0.05) is 44.2 Å². The number of carbonyl (C=O) groups is 1. The van der Waals surface area contributed by atoms with Crippen LogP contribution in [0.5, 0.6) is 0 Å². The Morgan fingerprint density at radius 1 is 1.30 bits per heavy atom. The zero-order valence-electron chi connectivity index (χ0n) is 12.2. The highest BCUT2D eigenvalue weighted by Crippen LogP contribution is 2.22. The minimum atomic E-state index is -0.635. The number of benzene rings is 1. The maximum absolute atomic E-state index is 12.4. The molecule has 1 aromatic carbocycles. The summed E-state index contributed by atoms with van der Waals surface area (Å²) in [7, 11) is 0. The maximum atomic E-state index is 12.4. The van der Waals surface area contributed by atoms with Gasteiger partial charge >= 0.3 is 0 Å². The number of piperidine rings is 1. The molecule has 0 saturated carbocycles. The molecule has 0 radical (unpaired) electrons. The third-order valence-electron chi connectivity index (χ3n) is 3.91. The second-order valence-corrected chi connectivity index (χ2v) is 6.08. The molecule has 1 aliphatic heterocycles. The summed E-state index contributed by atoms with van der Waals surface area (Å²) >= 11 is 0. The monoisotopic (exact) mass is 270 g/mol. The summed E-state index contributed by atoms with van der Waals surface area (Å²) in [5, 5.41) is 9.29. The van der Waals surface area contributed by atoms with Crippen molar-refractivity contribution in [1.82, 2.24) is 4.90 Å². The van der Waals surface area contributed by atoms with Crippen molar-refractivity contribution in [3.05, 3.63) is 35.9 Å². The Morgan fingerprint density at radius 3 is 2.45 bits per heavy atom. The van der Waals surface area contributed by atoms with E-state index in [1.54, 1.807) is 0 Å². The van der Waals surface area contributed by atoms with Crippen LogP contribution in [0, 0.1) is 23.2 Å². The van der Waals surface area contributed by atoms with Gasteiger partial charge in [0, 0.05) is 13.1 Å². The van der Waals surface area contributed by atoms with Gasteiger partial charge in [-0.2, -0.15) is 5.26 Å². The highest BCUT2D eigenvalue weighted by Gasteiger charge is 2.27. The average molecular weight is 270 g/mol. The van der Waals surface area contributed by atoms with Gasteiger partial charge in [0.25, 0.3) is 0 Å². The number of Topliss-reactive ketones (excluding diaryl/α,β-unsaturated/α-hetero) is 1. The van der Waals surface area contributed by atoms with Gasteiger partial charge in [0.1, 0.15) is 5.92 Å². The van der Waals surface area contributed by atoms with Gasteiger partial charge in [-0.05, 0) is 23.8 Å². The molecule has 0 bridgehead atoms. The first-order valence-electron chi connectivity index (χ1n) is 7.29. The summed E-state index contributed by atoms with van der Waals surface area (Å²) in [5.74, 6) is 0.636. The molecule has 106 valence electrons. The van der Waals surface area contributed by atoms with E-state index in [2.05, 4.69) is 24.8 Å². The van der Waals surface area contributed by atoms with E-state index in [0.29, 0.717) is 18.4 Å². The minimum absolute atomic E-state index is 0.0139. The summed E-state index contributed by atoms with van der Waals surface area (Å²) in [6.07, 6.45) is 1.23. The van der Waals surface area contributed by atoms with E-state index in [0.717, 1.165) is 18.7 Å². The van der Waals surface area contributed by atoms with Crippen LogP contribution < -0.4 is 0 Å². The van der Waals surface area contributed by atoms with E-state index in [-0.39, 0.29) is 5.78 Å². The lowest BCUT2D eigenvalue weighted by Crippen LogP contribution is -2.42. The van der Waals surface area contributed by atoms with Crippen LogP contribution in [0.25, 0.3) is 0 Å². The summed E-state index contributed by atoms with van der Waals surface area (Å²) in [6.45, 7) is 6.77. The van der Waals surface area contributed by atoms with Gasteiger partial charge in [0.15, 0.2) is 5.78 Å². The fourth-order valence-corrected chi connectivity index (χ4v) is 3.21. The van der Waals surface area contributed by atoms with E-state index in [1.807, 2.05) is 30.3 Å². The Morgan fingerprint density at radius 2 is 1.90 bits per heavy atom. The van der Waals surface area contributed by atoms with Gasteiger partial charge in [-0.15, -0.1) is 0 Å². The van der Waals surface area contributed by atoms with Gasteiger partial charge in [0.05, 0.1) is 12.6 Å². The maximum Gasteiger partial charge on any atom is 0.168 e. The molecule has 3 atom stereocenters. The van der Waals surface area contributed by atoms with Gasteiger partial charge < -0.3 is 0 Å². The minimum Gasteiger partial charge on any atom is -0.296 e. The first-order chi connectivity index (χ1) is 9.60. The lowest BCUT2D eigenvalue weighted by molar-refractivity contribution is -0.121. The van der Waals surface area contributed by atoms with Crippen molar-refractivity contribution in [2.24, 2.45) is 11.8 Å². The highest BCUT2D eigenvalue weighted by molar-refractivity contribution is 5.90. The molecule has 1 fully saturated rings. The van der Waals surface area contributed by atoms with Crippen molar-refractivity contribution >= 4 is 5.78 Å². The second-order valence-electron chi connectivity index (χ2n) is 6.08. The third kappa shape index (κ3) is 3.68. The quantitative estimate of drug-likeness (QED) is 0.845. The number of ketones is 1. The molecule has 0 unspecified atom stereocenters. The van der Waals surface area contributed by atoms with E-state index in [4.69, 9.17) is 0 Å². The van der Waals surface area contributed by atoms with Crippen molar-refractivity contribution in [2.45, 2.75) is 26.2 Å². The molecule has 1 aliphatic rings. The molecule has 20 heavy (non-hydrogen) atoms. The number of likely N-dealkylation sites (tertiary alicyclic amines) is 1. The van der Waals surface area contributed by atoms with E-state index in [1.165, 1.54) is 6.42 Å². The van der Waals surface area contributed by atoms with Crippen LogP contribution in [0.15, 0.2) is 30.3 Å². The first kappa shape index (κ1) is 14.7. The number of hydrogen-bond donors (Lipinski definition) is 0. The number of hydrogen-bond acceptors (Lipinski definition) is 3. The fourth-order valence-electron chi connectivity index (χ4n) is 3.21. The average Bonchev–Trinajstić information content (AvgIpc) is 2.39. The molecular formula is C17H22N2O. The summed E-state index contributed by atoms with van der Waals surface area (Å²) < 4.78 is 0. The van der Waals surface area contributed by atoms with Crippen LogP contribution in [0.1, 0.15) is 31.7 Å². The Bertz CT molecular complexity index is 481. The Hall–Kier alpha value is -1.66. The Balaban J connectivity index is 2.02. The van der Waals surface area contributed by atoms with Crippen LogP contribution in [0.3, 0.4) is 0 Å². The normalized spacial score (nSPS) is 24.9. The molecule has 0 aliphatic carbocycles. The van der Waals surface area contributed by atoms with Crippen molar-refractivity contribution in [2.75, 3.05) is 19.6 Å². The van der Waals surface area contributed by atoms with Gasteiger partial charge in [-0.3, -0.25) is 9.69 Å². The fraction of sp³-hybridized carbons (Fsp3) is 0.529. The molecule has 3 nitrogen and oxygen atoms in total. The molecule has 1 aromatic rings. The molecule has 0 N–H and O–H groups in total. The van der Waals surface area contributed by atoms with Crippen LogP contribution in [-0.2, 0) is 4.79 Å². The van der Waals surface area contributed by atoms with Gasteiger partial charge in [-0.25, -0.2) is 0 Å². The molecule has 0 spiro atoms. The number of nitriles is 1. The smallest absolute Gasteiger partial charge is 0.168 e. The third-order valence-corrected chi connectivity index (χ3v) is 3.91. The lowest BCUT2D eigenvalue weighted by Gasteiger charge is -2.34. The van der Waals surface area contributed by atoms with Crippen LogP contribution in [0.4, 0.5) is 0 Å². The standard InChI is InChI=1S/C17H22N2O/c1-13-8-14(2)11-19(10-13)12-17(20)16(9-18)15-6-4-3-5-7-15/h3-7,13-14,16H,8,10-12H2,1-2H3/t13-,14-,16-/m0/s1. The van der Waals surface area contributed by atoms with Crippen LogP contribution >= 0.6 is 0 Å². The van der Waals surface area contributed by atoms with Crippen molar-refractivity contribution in [3.8, 4) is 6.07 Å². The number of carbonyl (C=O) groups excluding carboxylic acids is 1. The zero-order chi connectivity index (χ0) is 14.5. The number of rotatable bonds is 4. The van der Waals surface area contributed by atoms with E-state index in [9.17, 15) is 10.1 Å². The van der Waals surface area contributed by atoms with Crippen LogP contribution in [-0.4, -0.2) is 30.3 Å². The molecule has 0 aromatic heterocycles. The summed E-state index contributed by atoms with van der Waals surface area (Å²) in [4.78, 5) is 14.6. The molecule has 2 rings (SSSR count). The van der Waals surface area contributed by atoms with Crippen molar-refractivity contribution < 1.29 is 4.79 Å². The van der Waals surface area contributed by atoms with Gasteiger partial charge in [0.2, 0.25) is 0 Å². The molecule has 1 heterocycles. The zero-order valence-corrected chi connectivity index (χ0v) is 12.2. The van der Waals surface area contributed by atoms with Crippen molar-refractivity contribution in [3.63, 3.8) is 0 Å². The molecule has 3 heteroatoms. The lowest BCUT2D eigenvalue weighted by atomic mass is 9.90. The highest BCUT2D eigenvalue weighted by atomic mass is 16.1. The topological polar surface area (TPSA) is 44.1 Å². The molecular weight excluding hydrogens is 248 g/mol. The predicted octanol–water partition coefficient (Wildman–Crippen LogP) is 2.84. The van der Waals surface area contributed by atoms with E-state index >= 15 is 0 Å². The second kappa shape index (κ2) is 6.67. The SMILES string of the molecule is C[C@H]1C[C@H](C)CN(CC(=O)[C@@H](C#N)c2ccccc2)C1. The summed E-state index contributed by atoms with van der Waals surface area (Å²) in [6, 6.07) is 11.5. The van der Waals surface area contributed by atoms with Crippen LogP contribution in [0.2, 0.25) is 0 Å². The summed E-state index contributed by atoms with van der Waals surface area (Å²) in [5.41, 5.74) is 0.804. The predicted molar refractivity (Wildman–Crippen MR) is 79.2 cm³/mol. The Kier molecular flexibility index (Phi) is 4.92. The van der Waals surface area contributed by atoms with Crippen molar-refractivity contribution in [1.29, 1.82) is 5.26 Å². The Labute approximate surface area is 121 Å². The number of nitrogens with zero attached hydrogens (tertiary/aromatic N) is 2. The van der Waals surface area contributed by atoms with E-state index < -0.39 is 5.92 Å². The first-order valence-corrected chi connectivity index (χ1v) is 7.29.